The maximum absolute atomic E-state index is 13.8. The van der Waals surface area contributed by atoms with Gasteiger partial charge in [-0.3, -0.25) is 10.1 Å². The van der Waals surface area contributed by atoms with Crippen LogP contribution in [0.3, 0.4) is 0 Å². The highest BCUT2D eigenvalue weighted by atomic mass is 19.1. The summed E-state index contributed by atoms with van der Waals surface area (Å²) in [6, 6.07) is 11.7. The van der Waals surface area contributed by atoms with Crippen molar-refractivity contribution in [2.75, 3.05) is 0 Å². The number of aromatic hydroxyl groups is 1. The molecule has 5 heterocycles. The van der Waals surface area contributed by atoms with Gasteiger partial charge in [0.05, 0.1) is 11.6 Å². The monoisotopic (exact) mass is 423 g/mol. The van der Waals surface area contributed by atoms with E-state index in [0.29, 0.717) is 33.9 Å². The van der Waals surface area contributed by atoms with Gasteiger partial charge in [0.1, 0.15) is 22.8 Å². The molecule has 0 saturated carbocycles. The first kappa shape index (κ1) is 18.1. The quantitative estimate of drug-likeness (QED) is 0.387. The zero-order chi connectivity index (χ0) is 21.7. The smallest absolute Gasteiger partial charge is 0.161 e. The van der Waals surface area contributed by atoms with Crippen LogP contribution in [0.15, 0.2) is 67.3 Å². The van der Waals surface area contributed by atoms with Gasteiger partial charge in [-0.25, -0.2) is 19.3 Å². The maximum Gasteiger partial charge on any atom is 0.161 e. The SMILES string of the molecule is Oc1cncc(-c2cnc3[nH]nc(-c4nc5c(-c6cccc(F)c6)ccnc5[nH]4)c3c2)c1. The molecule has 0 atom stereocenters. The van der Waals surface area contributed by atoms with Crippen molar-refractivity contribution in [3.05, 3.63) is 73.1 Å². The molecule has 32 heavy (non-hydrogen) atoms. The first-order valence-electron chi connectivity index (χ1n) is 9.75. The van der Waals surface area contributed by atoms with Crippen LogP contribution >= 0.6 is 0 Å². The first-order chi connectivity index (χ1) is 15.7. The van der Waals surface area contributed by atoms with E-state index < -0.39 is 0 Å². The summed E-state index contributed by atoms with van der Waals surface area (Å²) >= 11 is 0. The number of aromatic amines is 2. The number of hydrogen-bond donors (Lipinski definition) is 3. The maximum atomic E-state index is 13.8. The van der Waals surface area contributed by atoms with Crippen molar-refractivity contribution in [1.82, 2.24) is 35.1 Å². The molecule has 6 aromatic rings. The number of H-pyrrole nitrogens is 2. The Balaban J connectivity index is 1.51. The average molecular weight is 423 g/mol. The van der Waals surface area contributed by atoms with Crippen molar-refractivity contribution in [2.45, 2.75) is 0 Å². The minimum absolute atomic E-state index is 0.0725. The van der Waals surface area contributed by atoms with E-state index >= 15 is 0 Å². The van der Waals surface area contributed by atoms with E-state index in [1.54, 1.807) is 36.8 Å². The van der Waals surface area contributed by atoms with Gasteiger partial charge in [0.15, 0.2) is 17.1 Å². The summed E-state index contributed by atoms with van der Waals surface area (Å²) in [5.41, 5.74) is 5.33. The Kier molecular flexibility index (Phi) is 3.94. The van der Waals surface area contributed by atoms with Gasteiger partial charge in [0.25, 0.3) is 0 Å². The molecule has 0 aliphatic carbocycles. The molecule has 0 radical (unpaired) electrons. The van der Waals surface area contributed by atoms with E-state index in [4.69, 9.17) is 4.98 Å². The van der Waals surface area contributed by atoms with E-state index in [1.165, 1.54) is 18.3 Å². The standard InChI is InChI=1S/C23H14FN7O/c24-15-3-1-2-12(6-15)17-4-5-26-22-19(17)28-23(29-22)20-18-8-14(10-27-21(18)31-30-20)13-7-16(32)11-25-9-13/h1-11,32H,(H,26,28,29)(H,27,30,31). The molecule has 8 nitrogen and oxygen atoms in total. The molecule has 0 saturated heterocycles. The third kappa shape index (κ3) is 2.95. The zero-order valence-corrected chi connectivity index (χ0v) is 16.4. The van der Waals surface area contributed by atoms with Gasteiger partial charge >= 0.3 is 0 Å². The molecule has 0 spiro atoms. The van der Waals surface area contributed by atoms with Crippen LogP contribution in [-0.4, -0.2) is 40.2 Å². The van der Waals surface area contributed by atoms with Crippen LogP contribution in [0.5, 0.6) is 5.75 Å². The van der Waals surface area contributed by atoms with Gasteiger partial charge in [-0.05, 0) is 35.9 Å². The number of rotatable bonds is 3. The van der Waals surface area contributed by atoms with Crippen molar-refractivity contribution in [3.63, 3.8) is 0 Å². The number of pyridine rings is 3. The number of halogens is 1. The number of fused-ring (bicyclic) bond motifs is 2. The van der Waals surface area contributed by atoms with Crippen LogP contribution in [0, 0.1) is 5.82 Å². The molecular formula is C23H14FN7O. The van der Waals surface area contributed by atoms with E-state index in [0.717, 1.165) is 22.1 Å². The summed E-state index contributed by atoms with van der Waals surface area (Å²) in [5.74, 6) is 0.264. The van der Waals surface area contributed by atoms with Crippen molar-refractivity contribution >= 4 is 22.2 Å². The van der Waals surface area contributed by atoms with Crippen LogP contribution in [0.1, 0.15) is 0 Å². The summed E-state index contributed by atoms with van der Waals surface area (Å²) in [6.07, 6.45) is 6.36. The van der Waals surface area contributed by atoms with Crippen molar-refractivity contribution in [2.24, 2.45) is 0 Å². The second-order valence-corrected chi connectivity index (χ2v) is 7.28. The minimum Gasteiger partial charge on any atom is -0.506 e. The Bertz CT molecular complexity index is 1620. The lowest BCUT2D eigenvalue weighted by molar-refractivity contribution is 0.473. The molecule has 0 aliphatic rings. The molecule has 1 aromatic carbocycles. The summed E-state index contributed by atoms with van der Waals surface area (Å²) in [7, 11) is 0. The Morgan fingerprint density at radius 2 is 1.78 bits per heavy atom. The largest absolute Gasteiger partial charge is 0.506 e. The Hall–Kier alpha value is -4.66. The molecule has 0 unspecified atom stereocenters. The number of imidazole rings is 1. The van der Waals surface area contributed by atoms with Gasteiger partial charge in [-0.15, -0.1) is 0 Å². The molecule has 5 aromatic heterocycles. The Morgan fingerprint density at radius 3 is 2.66 bits per heavy atom. The highest BCUT2D eigenvalue weighted by molar-refractivity contribution is 5.96. The Labute approximate surface area is 179 Å². The normalized spacial score (nSPS) is 11.4. The molecular weight excluding hydrogens is 409 g/mol. The van der Waals surface area contributed by atoms with Gasteiger partial charge in [0, 0.05) is 35.3 Å². The first-order valence-corrected chi connectivity index (χ1v) is 9.75. The molecule has 0 aliphatic heterocycles. The van der Waals surface area contributed by atoms with Gasteiger partial charge in [0.2, 0.25) is 0 Å². The van der Waals surface area contributed by atoms with Crippen molar-refractivity contribution in [1.29, 1.82) is 0 Å². The summed E-state index contributed by atoms with van der Waals surface area (Å²) in [4.78, 5) is 20.8. The lowest BCUT2D eigenvalue weighted by Gasteiger charge is -2.02. The molecule has 9 heteroatoms. The molecule has 0 amide bonds. The molecule has 0 fully saturated rings. The lowest BCUT2D eigenvalue weighted by Crippen LogP contribution is -1.85. The summed E-state index contributed by atoms with van der Waals surface area (Å²) in [6.45, 7) is 0. The van der Waals surface area contributed by atoms with E-state index in [-0.39, 0.29) is 11.6 Å². The number of nitrogens with zero attached hydrogens (tertiary/aromatic N) is 5. The van der Waals surface area contributed by atoms with Crippen LogP contribution in [0.25, 0.3) is 56.0 Å². The fourth-order valence-electron chi connectivity index (χ4n) is 3.74. The summed E-state index contributed by atoms with van der Waals surface area (Å²) in [5, 5.41) is 17.8. The predicted octanol–water partition coefficient (Wildman–Crippen LogP) is 4.47. The number of nitrogens with one attached hydrogen (secondary N) is 2. The third-order valence-corrected chi connectivity index (χ3v) is 5.22. The van der Waals surface area contributed by atoms with Crippen LogP contribution in [-0.2, 0) is 0 Å². The molecule has 3 N–H and O–H groups in total. The molecule has 0 bridgehead atoms. The number of benzene rings is 1. The fourth-order valence-corrected chi connectivity index (χ4v) is 3.74. The summed E-state index contributed by atoms with van der Waals surface area (Å²) < 4.78 is 13.8. The highest BCUT2D eigenvalue weighted by Crippen LogP contribution is 2.32. The topological polar surface area (TPSA) is 116 Å². The van der Waals surface area contributed by atoms with Crippen molar-refractivity contribution < 1.29 is 9.50 Å². The average Bonchev–Trinajstić information content (AvgIpc) is 3.42. The number of hydrogen-bond acceptors (Lipinski definition) is 6. The highest BCUT2D eigenvalue weighted by Gasteiger charge is 2.17. The van der Waals surface area contributed by atoms with Crippen LogP contribution < -0.4 is 0 Å². The van der Waals surface area contributed by atoms with Crippen LogP contribution in [0.2, 0.25) is 0 Å². The van der Waals surface area contributed by atoms with E-state index in [1.807, 2.05) is 12.1 Å². The second-order valence-electron chi connectivity index (χ2n) is 7.28. The van der Waals surface area contributed by atoms with E-state index in [9.17, 15) is 9.50 Å². The molecule has 154 valence electrons. The van der Waals surface area contributed by atoms with E-state index in [2.05, 4.69) is 30.1 Å². The lowest BCUT2D eigenvalue weighted by atomic mass is 10.1. The molecule has 6 rings (SSSR count). The van der Waals surface area contributed by atoms with Gasteiger partial charge in [-0.1, -0.05) is 12.1 Å². The Morgan fingerprint density at radius 1 is 0.875 bits per heavy atom. The van der Waals surface area contributed by atoms with Crippen molar-refractivity contribution in [3.8, 4) is 39.5 Å². The number of aromatic nitrogens is 7. The zero-order valence-electron chi connectivity index (χ0n) is 16.4. The van der Waals surface area contributed by atoms with Gasteiger partial charge < -0.3 is 10.1 Å². The second kappa shape index (κ2) is 6.95. The third-order valence-electron chi connectivity index (χ3n) is 5.22. The minimum atomic E-state index is -0.318. The predicted molar refractivity (Wildman–Crippen MR) is 117 cm³/mol. The fraction of sp³-hybridized carbons (Fsp3) is 0. The van der Waals surface area contributed by atoms with Gasteiger partial charge in [-0.2, -0.15) is 5.10 Å². The van der Waals surface area contributed by atoms with Crippen LogP contribution in [0.4, 0.5) is 4.39 Å².